The molecule has 0 radical (unpaired) electrons. The van der Waals surface area contributed by atoms with E-state index in [-0.39, 0.29) is 24.3 Å². The number of carbonyl (C=O) groups is 3. The first-order valence-electron chi connectivity index (χ1n) is 11.6. The van der Waals surface area contributed by atoms with Crippen LogP contribution in [-0.2, 0) is 22.7 Å². The van der Waals surface area contributed by atoms with E-state index < -0.39 is 5.54 Å². The molecule has 4 rings (SSSR count). The predicted octanol–water partition coefficient (Wildman–Crippen LogP) is 4.38. The van der Waals surface area contributed by atoms with Gasteiger partial charge in [0, 0.05) is 36.6 Å². The molecule has 1 aliphatic heterocycles. The Morgan fingerprint density at radius 1 is 1.00 bits per heavy atom. The number of piperidine rings is 1. The fourth-order valence-electron chi connectivity index (χ4n) is 4.48. The minimum atomic E-state index is -1.14. The number of rotatable bonds is 7. The smallest absolute Gasteiger partial charge is 0.255 e. The van der Waals surface area contributed by atoms with Gasteiger partial charge in [-0.3, -0.25) is 14.4 Å². The summed E-state index contributed by atoms with van der Waals surface area (Å²) in [5, 5.41) is 3.05. The Hall–Kier alpha value is -3.39. The summed E-state index contributed by atoms with van der Waals surface area (Å²) in [6, 6.07) is 20.3. The van der Waals surface area contributed by atoms with E-state index in [2.05, 4.69) is 21.2 Å². The van der Waals surface area contributed by atoms with Crippen LogP contribution in [0.25, 0.3) is 0 Å². The number of nitrogens with zero attached hydrogens (tertiary/aromatic N) is 2. The topological polar surface area (TPSA) is 82.9 Å². The van der Waals surface area contributed by atoms with Gasteiger partial charge in [-0.25, -0.2) is 0 Å². The van der Waals surface area contributed by atoms with E-state index in [4.69, 9.17) is 4.42 Å². The van der Waals surface area contributed by atoms with Crippen molar-refractivity contribution in [1.82, 2.24) is 15.1 Å². The average molecular weight is 538 g/mol. The maximum atomic E-state index is 13.9. The van der Waals surface area contributed by atoms with E-state index in [1.807, 2.05) is 30.3 Å². The molecule has 3 amide bonds. The molecule has 35 heavy (non-hydrogen) atoms. The number of furan rings is 1. The van der Waals surface area contributed by atoms with Crippen molar-refractivity contribution in [3.05, 3.63) is 94.4 Å². The maximum absolute atomic E-state index is 13.9. The molecular formula is C27H28BrN3O4. The van der Waals surface area contributed by atoms with Crippen LogP contribution in [0.5, 0.6) is 0 Å². The molecule has 8 heteroatoms. The number of halogens is 1. The summed E-state index contributed by atoms with van der Waals surface area (Å²) in [5.74, 6) is 0.0430. The first-order valence-corrected chi connectivity index (χ1v) is 12.4. The molecule has 0 atom stereocenters. The quantitative estimate of drug-likeness (QED) is 0.484. The third-order valence-corrected chi connectivity index (χ3v) is 7.03. The molecule has 1 N–H and O–H groups in total. The van der Waals surface area contributed by atoms with Crippen molar-refractivity contribution in [3.63, 3.8) is 0 Å². The molecule has 3 aromatic rings. The van der Waals surface area contributed by atoms with Crippen LogP contribution in [0.3, 0.4) is 0 Å². The summed E-state index contributed by atoms with van der Waals surface area (Å²) in [6.45, 7) is 2.78. The van der Waals surface area contributed by atoms with Gasteiger partial charge in [0.1, 0.15) is 11.3 Å². The van der Waals surface area contributed by atoms with E-state index in [1.54, 1.807) is 52.5 Å². The van der Waals surface area contributed by atoms with Gasteiger partial charge >= 0.3 is 0 Å². The van der Waals surface area contributed by atoms with Crippen LogP contribution >= 0.6 is 15.9 Å². The molecule has 2 aromatic carbocycles. The van der Waals surface area contributed by atoms with Gasteiger partial charge in [0.2, 0.25) is 11.8 Å². The lowest BCUT2D eigenvalue weighted by Gasteiger charge is -2.47. The highest BCUT2D eigenvalue weighted by Crippen LogP contribution is 2.33. The largest absolute Gasteiger partial charge is 0.467 e. The second-order valence-corrected chi connectivity index (χ2v) is 9.60. The number of nitrogens with one attached hydrogen (secondary N) is 1. The standard InChI is InChI=1S/C27H28BrN3O4/c1-20(32)30-15-13-27(14-16-30,26(34)29-18-21-6-3-2-4-7-21)31(19-24-8-5-17-35-24)25(33)22-9-11-23(28)12-10-22/h2-12,17H,13-16,18-19H2,1H3,(H,29,34). The normalized spacial score (nSPS) is 14.9. The van der Waals surface area contributed by atoms with Crippen molar-refractivity contribution in [2.24, 2.45) is 0 Å². The minimum absolute atomic E-state index is 0.0416. The number of hydrogen-bond donors (Lipinski definition) is 1. The fraction of sp³-hybridized carbons (Fsp3) is 0.296. The van der Waals surface area contributed by atoms with Gasteiger partial charge in [-0.1, -0.05) is 46.3 Å². The molecule has 0 unspecified atom stereocenters. The summed E-state index contributed by atoms with van der Waals surface area (Å²) < 4.78 is 6.43. The Balaban J connectivity index is 1.69. The predicted molar refractivity (Wildman–Crippen MR) is 135 cm³/mol. The highest BCUT2D eigenvalue weighted by atomic mass is 79.9. The minimum Gasteiger partial charge on any atom is -0.467 e. The molecule has 7 nitrogen and oxygen atoms in total. The van der Waals surface area contributed by atoms with Gasteiger partial charge in [-0.15, -0.1) is 0 Å². The molecule has 1 saturated heterocycles. The molecule has 0 bridgehead atoms. The zero-order valence-electron chi connectivity index (χ0n) is 19.6. The first-order chi connectivity index (χ1) is 16.9. The lowest BCUT2D eigenvalue weighted by atomic mass is 9.83. The Kier molecular flexibility index (Phi) is 7.70. The highest BCUT2D eigenvalue weighted by molar-refractivity contribution is 9.10. The summed E-state index contributed by atoms with van der Waals surface area (Å²) in [6.07, 6.45) is 2.21. The lowest BCUT2D eigenvalue weighted by molar-refractivity contribution is -0.141. The Morgan fingerprint density at radius 3 is 2.29 bits per heavy atom. The molecule has 1 aliphatic rings. The van der Waals surface area contributed by atoms with E-state index in [9.17, 15) is 14.4 Å². The van der Waals surface area contributed by atoms with Crippen molar-refractivity contribution in [2.75, 3.05) is 13.1 Å². The zero-order chi connectivity index (χ0) is 24.8. The zero-order valence-corrected chi connectivity index (χ0v) is 21.2. The third-order valence-electron chi connectivity index (χ3n) is 6.50. The highest BCUT2D eigenvalue weighted by Gasteiger charge is 2.49. The van der Waals surface area contributed by atoms with E-state index in [1.165, 1.54) is 6.92 Å². The van der Waals surface area contributed by atoms with E-state index in [0.29, 0.717) is 43.8 Å². The summed E-state index contributed by atoms with van der Waals surface area (Å²) in [5.41, 5.74) is 0.301. The Labute approximate surface area is 213 Å². The summed E-state index contributed by atoms with van der Waals surface area (Å²) in [7, 11) is 0. The van der Waals surface area contributed by atoms with Gasteiger partial charge in [0.25, 0.3) is 5.91 Å². The lowest BCUT2D eigenvalue weighted by Crippen LogP contribution is -2.64. The van der Waals surface area contributed by atoms with Crippen LogP contribution in [0.2, 0.25) is 0 Å². The number of benzene rings is 2. The molecular weight excluding hydrogens is 510 g/mol. The molecule has 1 fully saturated rings. The van der Waals surface area contributed by atoms with Crippen LogP contribution < -0.4 is 5.32 Å². The number of hydrogen-bond acceptors (Lipinski definition) is 4. The second-order valence-electron chi connectivity index (χ2n) is 8.68. The second kappa shape index (κ2) is 10.9. The first kappa shape index (κ1) is 24.7. The van der Waals surface area contributed by atoms with Crippen LogP contribution in [-0.4, -0.2) is 46.1 Å². The molecule has 0 aliphatic carbocycles. The van der Waals surface area contributed by atoms with Crippen molar-refractivity contribution in [2.45, 2.75) is 38.4 Å². The Bertz CT molecular complexity index is 1150. The summed E-state index contributed by atoms with van der Waals surface area (Å²) >= 11 is 3.41. The SMILES string of the molecule is CC(=O)N1CCC(C(=O)NCc2ccccc2)(N(Cc2ccco2)C(=O)c2ccc(Br)cc2)CC1. The number of likely N-dealkylation sites (tertiary alicyclic amines) is 1. The Morgan fingerprint density at radius 2 is 1.69 bits per heavy atom. The molecule has 0 saturated carbocycles. The van der Waals surface area contributed by atoms with E-state index in [0.717, 1.165) is 10.0 Å². The van der Waals surface area contributed by atoms with Crippen LogP contribution in [0, 0.1) is 0 Å². The molecule has 182 valence electrons. The van der Waals surface area contributed by atoms with Crippen molar-refractivity contribution < 1.29 is 18.8 Å². The molecule has 1 aromatic heterocycles. The van der Waals surface area contributed by atoms with E-state index >= 15 is 0 Å². The van der Waals surface area contributed by atoms with Crippen LogP contribution in [0.15, 0.2) is 81.9 Å². The number of amides is 3. The van der Waals surface area contributed by atoms with Crippen molar-refractivity contribution >= 4 is 33.7 Å². The van der Waals surface area contributed by atoms with Crippen molar-refractivity contribution in [3.8, 4) is 0 Å². The monoisotopic (exact) mass is 537 g/mol. The van der Waals surface area contributed by atoms with Crippen LogP contribution in [0.1, 0.15) is 41.4 Å². The van der Waals surface area contributed by atoms with Gasteiger partial charge in [-0.05, 0) is 54.8 Å². The number of carbonyl (C=O) groups excluding carboxylic acids is 3. The van der Waals surface area contributed by atoms with Gasteiger partial charge < -0.3 is 19.5 Å². The molecule has 2 heterocycles. The third kappa shape index (κ3) is 5.65. The van der Waals surface area contributed by atoms with Gasteiger partial charge in [0.05, 0.1) is 12.8 Å². The summed E-state index contributed by atoms with van der Waals surface area (Å²) in [4.78, 5) is 43.1. The van der Waals surface area contributed by atoms with Gasteiger partial charge in [-0.2, -0.15) is 0 Å². The van der Waals surface area contributed by atoms with Crippen LogP contribution in [0.4, 0.5) is 0 Å². The van der Waals surface area contributed by atoms with Crippen molar-refractivity contribution in [1.29, 1.82) is 0 Å². The molecule has 0 spiro atoms. The maximum Gasteiger partial charge on any atom is 0.255 e. The average Bonchev–Trinajstić information content (AvgIpc) is 3.40. The van der Waals surface area contributed by atoms with Gasteiger partial charge in [0.15, 0.2) is 0 Å². The fourth-order valence-corrected chi connectivity index (χ4v) is 4.74.